The first-order valence-electron chi connectivity index (χ1n) is 7.70. The second-order valence-electron chi connectivity index (χ2n) is 5.51. The summed E-state index contributed by atoms with van der Waals surface area (Å²) in [4.78, 5) is 12.1. The molecule has 1 rings (SSSR count). The first-order valence-corrected chi connectivity index (χ1v) is 9.54. The molecule has 0 saturated heterocycles. The van der Waals surface area contributed by atoms with Crippen LogP contribution < -0.4 is 14.4 Å². The summed E-state index contributed by atoms with van der Waals surface area (Å²) in [5, 5.41) is 2.93. The number of carbonyl (C=O) groups is 1. The van der Waals surface area contributed by atoms with Crippen LogP contribution in [0, 0.1) is 0 Å². The van der Waals surface area contributed by atoms with Gasteiger partial charge in [0.2, 0.25) is 10.0 Å². The lowest BCUT2D eigenvalue weighted by Crippen LogP contribution is -2.42. The molecule has 0 aliphatic heterocycles. The molecule has 0 radical (unpaired) electrons. The average molecular weight is 342 g/mol. The monoisotopic (exact) mass is 342 g/mol. The van der Waals surface area contributed by atoms with Gasteiger partial charge in [-0.05, 0) is 44.0 Å². The van der Waals surface area contributed by atoms with Crippen LogP contribution in [0.15, 0.2) is 24.3 Å². The molecule has 1 atom stereocenters. The minimum absolute atomic E-state index is 0.152. The van der Waals surface area contributed by atoms with E-state index in [9.17, 15) is 13.2 Å². The summed E-state index contributed by atoms with van der Waals surface area (Å²) in [6.45, 7) is 5.74. The largest absolute Gasteiger partial charge is 0.481 e. The van der Waals surface area contributed by atoms with Crippen molar-refractivity contribution < 1.29 is 17.9 Å². The van der Waals surface area contributed by atoms with E-state index in [4.69, 9.17) is 4.74 Å². The summed E-state index contributed by atoms with van der Waals surface area (Å²) in [6, 6.07) is 6.74. The van der Waals surface area contributed by atoms with Crippen LogP contribution in [0.1, 0.15) is 33.6 Å². The Morgan fingerprint density at radius 1 is 1.22 bits per heavy atom. The predicted octanol–water partition coefficient (Wildman–Crippen LogP) is 2.15. The van der Waals surface area contributed by atoms with Gasteiger partial charge in [0.25, 0.3) is 5.91 Å². The number of ether oxygens (including phenoxy) is 1. The van der Waals surface area contributed by atoms with Gasteiger partial charge in [-0.2, -0.15) is 0 Å². The molecule has 1 amide bonds. The van der Waals surface area contributed by atoms with Crippen LogP contribution in [0.4, 0.5) is 5.69 Å². The smallest absolute Gasteiger partial charge is 0.260 e. The van der Waals surface area contributed by atoms with Gasteiger partial charge >= 0.3 is 0 Å². The van der Waals surface area contributed by atoms with Crippen LogP contribution in [0.25, 0.3) is 0 Å². The lowest BCUT2D eigenvalue weighted by atomic mass is 10.1. The van der Waals surface area contributed by atoms with Gasteiger partial charge in [0, 0.05) is 13.1 Å². The summed E-state index contributed by atoms with van der Waals surface area (Å²) >= 11 is 0. The Morgan fingerprint density at radius 3 is 2.17 bits per heavy atom. The minimum Gasteiger partial charge on any atom is -0.481 e. The van der Waals surface area contributed by atoms with E-state index in [-0.39, 0.29) is 11.9 Å². The van der Waals surface area contributed by atoms with Gasteiger partial charge in [-0.3, -0.25) is 9.10 Å². The summed E-state index contributed by atoms with van der Waals surface area (Å²) in [5.41, 5.74) is 0.536. The van der Waals surface area contributed by atoms with Crippen molar-refractivity contribution in [2.75, 3.05) is 17.6 Å². The summed E-state index contributed by atoms with van der Waals surface area (Å²) < 4.78 is 29.8. The fraction of sp³-hybridized carbons (Fsp3) is 0.562. The van der Waals surface area contributed by atoms with Crippen molar-refractivity contribution in [2.24, 2.45) is 0 Å². The van der Waals surface area contributed by atoms with Crippen LogP contribution in [0.5, 0.6) is 5.75 Å². The Balaban J connectivity index is 2.69. The zero-order chi connectivity index (χ0) is 17.6. The van der Waals surface area contributed by atoms with Crippen molar-refractivity contribution in [1.29, 1.82) is 0 Å². The molecule has 130 valence electrons. The van der Waals surface area contributed by atoms with Crippen LogP contribution in [0.2, 0.25) is 0 Å². The lowest BCUT2D eigenvalue weighted by Gasteiger charge is -2.20. The molecule has 0 saturated carbocycles. The van der Waals surface area contributed by atoms with Crippen molar-refractivity contribution in [3.63, 3.8) is 0 Å². The number of rotatable bonds is 8. The van der Waals surface area contributed by atoms with E-state index in [2.05, 4.69) is 5.32 Å². The van der Waals surface area contributed by atoms with Gasteiger partial charge < -0.3 is 10.1 Å². The van der Waals surface area contributed by atoms with E-state index < -0.39 is 16.1 Å². The molecule has 1 aromatic carbocycles. The highest BCUT2D eigenvalue weighted by atomic mass is 32.2. The standard InChI is InChI=1S/C16H26N2O4S/c1-6-13(7-2)17-16(19)12(3)22-15-10-8-14(9-11-15)18(4)23(5,20)21/h8-13H,6-7H2,1-5H3,(H,17,19)/t12-/m1/s1. The fourth-order valence-electron chi connectivity index (χ4n) is 2.00. The highest BCUT2D eigenvalue weighted by Gasteiger charge is 2.18. The Morgan fingerprint density at radius 2 is 1.74 bits per heavy atom. The first kappa shape index (κ1) is 19.3. The van der Waals surface area contributed by atoms with E-state index in [0.717, 1.165) is 19.1 Å². The number of nitrogens with zero attached hydrogens (tertiary/aromatic N) is 1. The highest BCUT2D eigenvalue weighted by molar-refractivity contribution is 7.92. The number of hydrogen-bond acceptors (Lipinski definition) is 4. The highest BCUT2D eigenvalue weighted by Crippen LogP contribution is 2.21. The van der Waals surface area contributed by atoms with Crippen molar-refractivity contribution in [3.8, 4) is 5.75 Å². The molecule has 6 nitrogen and oxygen atoms in total. The summed E-state index contributed by atoms with van der Waals surface area (Å²) in [7, 11) is -1.81. The van der Waals surface area contributed by atoms with Gasteiger partial charge in [-0.1, -0.05) is 13.8 Å². The third-order valence-corrected chi connectivity index (χ3v) is 4.92. The molecule has 0 bridgehead atoms. The molecule has 0 aliphatic rings. The van der Waals surface area contributed by atoms with Gasteiger partial charge in [0.15, 0.2) is 6.10 Å². The van der Waals surface area contributed by atoms with Crippen molar-refractivity contribution in [2.45, 2.75) is 45.8 Å². The zero-order valence-electron chi connectivity index (χ0n) is 14.4. The normalized spacial score (nSPS) is 12.8. The number of anilines is 1. The molecule has 0 aromatic heterocycles. The molecule has 0 spiro atoms. The Bertz CT molecular complexity index is 609. The molecule has 1 N–H and O–H groups in total. The maximum Gasteiger partial charge on any atom is 0.260 e. The third-order valence-electron chi connectivity index (χ3n) is 3.71. The number of benzene rings is 1. The quantitative estimate of drug-likeness (QED) is 0.785. The van der Waals surface area contributed by atoms with Gasteiger partial charge in [-0.25, -0.2) is 8.42 Å². The lowest BCUT2D eigenvalue weighted by molar-refractivity contribution is -0.128. The van der Waals surface area contributed by atoms with Crippen molar-refractivity contribution in [3.05, 3.63) is 24.3 Å². The van der Waals surface area contributed by atoms with Crippen LogP contribution in [0.3, 0.4) is 0 Å². The average Bonchev–Trinajstić information content (AvgIpc) is 2.51. The minimum atomic E-state index is -3.30. The first-order chi connectivity index (χ1) is 10.7. The van der Waals surface area contributed by atoms with Crippen LogP contribution in [-0.4, -0.2) is 39.8 Å². The van der Waals surface area contributed by atoms with Gasteiger partial charge in [0.05, 0.1) is 11.9 Å². The molecular weight excluding hydrogens is 316 g/mol. The van der Waals surface area contributed by atoms with E-state index in [1.165, 1.54) is 11.4 Å². The number of hydrogen-bond donors (Lipinski definition) is 1. The van der Waals surface area contributed by atoms with Crippen molar-refractivity contribution >= 4 is 21.6 Å². The maximum absolute atomic E-state index is 12.1. The predicted molar refractivity (Wildman–Crippen MR) is 92.3 cm³/mol. The molecule has 0 aliphatic carbocycles. The summed E-state index contributed by atoms with van der Waals surface area (Å²) in [6.07, 6.45) is 2.28. The van der Waals surface area contributed by atoms with E-state index in [1.807, 2.05) is 13.8 Å². The maximum atomic E-state index is 12.1. The molecule has 0 fully saturated rings. The van der Waals surface area contributed by atoms with E-state index >= 15 is 0 Å². The van der Waals surface area contributed by atoms with Crippen molar-refractivity contribution in [1.82, 2.24) is 5.32 Å². The van der Waals surface area contributed by atoms with Gasteiger partial charge in [0.1, 0.15) is 5.75 Å². The number of sulfonamides is 1. The zero-order valence-corrected chi connectivity index (χ0v) is 15.2. The van der Waals surface area contributed by atoms with Gasteiger partial charge in [-0.15, -0.1) is 0 Å². The Hall–Kier alpha value is -1.76. The van der Waals surface area contributed by atoms with E-state index in [0.29, 0.717) is 11.4 Å². The molecule has 0 heterocycles. The summed E-state index contributed by atoms with van der Waals surface area (Å²) in [5.74, 6) is 0.360. The number of amides is 1. The number of nitrogens with one attached hydrogen (secondary N) is 1. The third kappa shape index (κ3) is 5.74. The topological polar surface area (TPSA) is 75.7 Å². The molecule has 23 heavy (non-hydrogen) atoms. The SMILES string of the molecule is CCC(CC)NC(=O)[C@@H](C)Oc1ccc(N(C)S(C)(=O)=O)cc1. The molecular formula is C16H26N2O4S. The van der Waals surface area contributed by atoms with Crippen LogP contribution >= 0.6 is 0 Å². The Labute approximate surface area is 138 Å². The van der Waals surface area contributed by atoms with E-state index in [1.54, 1.807) is 31.2 Å². The molecule has 7 heteroatoms. The van der Waals surface area contributed by atoms with Crippen LogP contribution in [-0.2, 0) is 14.8 Å². The molecule has 1 aromatic rings. The second-order valence-corrected chi connectivity index (χ2v) is 7.52. The number of carbonyl (C=O) groups excluding carboxylic acids is 1. The fourth-order valence-corrected chi connectivity index (χ4v) is 2.50. The Kier molecular flexibility index (Phi) is 6.87. The second kappa shape index (κ2) is 8.19. The molecule has 0 unspecified atom stereocenters.